The smallest absolute Gasteiger partial charge is 0.161 e. The van der Waals surface area contributed by atoms with Crippen LogP contribution in [0.3, 0.4) is 0 Å². The standard InChI is InChI=1S/C21H19N3OS/c1-13-10-11-26-20(13)18-15(12-22)21(23)24(14-6-3-2-4-7-14)16-8-5-9-17(25)19(16)18/h2-4,6-7,10-11,18H,5,8-9,23H2,1H3. The quantitative estimate of drug-likeness (QED) is 0.863. The van der Waals surface area contributed by atoms with Crippen molar-refractivity contribution < 1.29 is 4.79 Å². The zero-order chi connectivity index (χ0) is 18.3. The summed E-state index contributed by atoms with van der Waals surface area (Å²) in [6.45, 7) is 2.02. The van der Waals surface area contributed by atoms with Crippen molar-refractivity contribution in [2.45, 2.75) is 32.1 Å². The maximum absolute atomic E-state index is 12.9. The van der Waals surface area contributed by atoms with Gasteiger partial charge in [0.05, 0.1) is 17.6 Å². The molecule has 1 atom stereocenters. The highest BCUT2D eigenvalue weighted by Gasteiger charge is 2.41. The zero-order valence-corrected chi connectivity index (χ0v) is 15.3. The number of nitrogens with two attached hydrogens (primary N) is 1. The van der Waals surface area contributed by atoms with Gasteiger partial charge in [-0.1, -0.05) is 18.2 Å². The summed E-state index contributed by atoms with van der Waals surface area (Å²) >= 11 is 1.59. The second kappa shape index (κ2) is 6.47. The molecule has 1 aliphatic carbocycles. The largest absolute Gasteiger partial charge is 0.384 e. The predicted molar refractivity (Wildman–Crippen MR) is 103 cm³/mol. The number of para-hydroxylation sites is 1. The van der Waals surface area contributed by atoms with Gasteiger partial charge in [-0.25, -0.2) is 0 Å². The molecule has 1 unspecified atom stereocenters. The summed E-state index contributed by atoms with van der Waals surface area (Å²) in [5, 5.41) is 11.9. The number of carbonyl (C=O) groups excluding carboxylic acids is 1. The van der Waals surface area contributed by atoms with E-state index < -0.39 is 0 Å². The number of allylic oxidation sites excluding steroid dienone is 3. The van der Waals surface area contributed by atoms with Gasteiger partial charge in [-0.2, -0.15) is 5.26 Å². The first-order valence-corrected chi connectivity index (χ1v) is 9.56. The molecular weight excluding hydrogens is 342 g/mol. The summed E-state index contributed by atoms with van der Waals surface area (Å²) in [4.78, 5) is 15.9. The fourth-order valence-electron chi connectivity index (χ4n) is 3.90. The van der Waals surface area contributed by atoms with Gasteiger partial charge in [0, 0.05) is 28.3 Å². The lowest BCUT2D eigenvalue weighted by Gasteiger charge is -2.39. The van der Waals surface area contributed by atoms with Crippen molar-refractivity contribution in [3.05, 3.63) is 74.9 Å². The molecule has 0 spiro atoms. The molecule has 2 aromatic rings. The Morgan fingerprint density at radius 2 is 2.00 bits per heavy atom. The molecule has 4 nitrogen and oxygen atoms in total. The van der Waals surface area contributed by atoms with Gasteiger partial charge < -0.3 is 5.73 Å². The maximum Gasteiger partial charge on any atom is 0.161 e. The Morgan fingerprint density at radius 1 is 1.23 bits per heavy atom. The van der Waals surface area contributed by atoms with Crippen LogP contribution in [0.2, 0.25) is 0 Å². The van der Waals surface area contributed by atoms with Gasteiger partial charge in [0.25, 0.3) is 0 Å². The van der Waals surface area contributed by atoms with Crippen LogP contribution in [0.15, 0.2) is 64.4 Å². The summed E-state index contributed by atoms with van der Waals surface area (Å²) in [7, 11) is 0. The van der Waals surface area contributed by atoms with E-state index >= 15 is 0 Å². The minimum Gasteiger partial charge on any atom is -0.384 e. The second-order valence-electron chi connectivity index (χ2n) is 6.62. The summed E-state index contributed by atoms with van der Waals surface area (Å²) in [5.74, 6) is 0.220. The van der Waals surface area contributed by atoms with Gasteiger partial charge in [0.1, 0.15) is 5.82 Å². The number of hydrogen-bond acceptors (Lipinski definition) is 5. The molecule has 130 valence electrons. The summed E-state index contributed by atoms with van der Waals surface area (Å²) in [6.07, 6.45) is 2.13. The van der Waals surface area contributed by atoms with E-state index in [2.05, 4.69) is 6.07 Å². The average molecular weight is 361 g/mol. The minimum absolute atomic E-state index is 0.130. The highest BCUT2D eigenvalue weighted by Crippen LogP contribution is 2.47. The first kappa shape index (κ1) is 16.6. The molecule has 26 heavy (non-hydrogen) atoms. The molecule has 2 N–H and O–H groups in total. The third-order valence-electron chi connectivity index (χ3n) is 5.09. The third-order valence-corrected chi connectivity index (χ3v) is 6.18. The van der Waals surface area contributed by atoms with Gasteiger partial charge in [-0.15, -0.1) is 11.3 Å². The number of hydrogen-bond donors (Lipinski definition) is 1. The van der Waals surface area contributed by atoms with E-state index in [-0.39, 0.29) is 11.7 Å². The molecule has 2 aliphatic rings. The number of Topliss-reactive ketones (excluding diaryl/α,β-unsaturated/α-hetero) is 1. The fourth-order valence-corrected chi connectivity index (χ4v) is 4.95. The average Bonchev–Trinajstić information content (AvgIpc) is 3.07. The van der Waals surface area contributed by atoms with Gasteiger partial charge in [0.15, 0.2) is 5.78 Å². The van der Waals surface area contributed by atoms with Crippen LogP contribution in [-0.4, -0.2) is 5.78 Å². The topological polar surface area (TPSA) is 70.1 Å². The number of benzene rings is 1. The molecule has 5 heteroatoms. The third kappa shape index (κ3) is 2.46. The van der Waals surface area contributed by atoms with Crippen LogP contribution < -0.4 is 10.6 Å². The fraction of sp³-hybridized carbons (Fsp3) is 0.238. The Bertz CT molecular complexity index is 978. The van der Waals surface area contributed by atoms with Crippen LogP contribution in [0.25, 0.3) is 0 Å². The van der Waals surface area contributed by atoms with Crippen molar-refractivity contribution in [3.63, 3.8) is 0 Å². The molecule has 0 amide bonds. The number of carbonyl (C=O) groups is 1. The Kier molecular flexibility index (Phi) is 4.14. The van der Waals surface area contributed by atoms with Crippen LogP contribution in [0, 0.1) is 18.3 Å². The van der Waals surface area contributed by atoms with Gasteiger partial charge in [-0.05, 0) is 48.9 Å². The molecule has 1 aromatic carbocycles. The Labute approximate surface area is 156 Å². The van der Waals surface area contributed by atoms with E-state index in [9.17, 15) is 10.1 Å². The van der Waals surface area contributed by atoms with Crippen molar-refractivity contribution in [2.75, 3.05) is 4.90 Å². The molecule has 1 aliphatic heterocycles. The molecule has 0 fully saturated rings. The molecule has 0 bridgehead atoms. The lowest BCUT2D eigenvalue weighted by molar-refractivity contribution is -0.116. The summed E-state index contributed by atoms with van der Waals surface area (Å²) < 4.78 is 0. The van der Waals surface area contributed by atoms with Crippen LogP contribution >= 0.6 is 11.3 Å². The molecule has 4 rings (SSSR count). The number of rotatable bonds is 2. The highest BCUT2D eigenvalue weighted by molar-refractivity contribution is 7.10. The SMILES string of the molecule is Cc1ccsc1C1C(C#N)=C(N)N(c2ccccc2)C2=C1C(=O)CCC2. The van der Waals surface area contributed by atoms with Gasteiger partial charge in [0.2, 0.25) is 0 Å². The lowest BCUT2D eigenvalue weighted by atomic mass is 9.77. The Hall–Kier alpha value is -2.84. The summed E-state index contributed by atoms with van der Waals surface area (Å²) in [6, 6.07) is 14.1. The first-order chi connectivity index (χ1) is 12.6. The van der Waals surface area contributed by atoms with Crippen molar-refractivity contribution in [1.29, 1.82) is 5.26 Å². The van der Waals surface area contributed by atoms with Crippen molar-refractivity contribution in [1.82, 2.24) is 0 Å². The summed E-state index contributed by atoms with van der Waals surface area (Å²) in [5.41, 5.74) is 10.7. The number of ketones is 1. The molecule has 1 aromatic heterocycles. The number of anilines is 1. The van der Waals surface area contributed by atoms with Crippen LogP contribution in [0.4, 0.5) is 5.69 Å². The second-order valence-corrected chi connectivity index (χ2v) is 7.57. The van der Waals surface area contributed by atoms with Crippen LogP contribution in [0.5, 0.6) is 0 Å². The zero-order valence-electron chi connectivity index (χ0n) is 14.5. The highest BCUT2D eigenvalue weighted by atomic mass is 32.1. The first-order valence-electron chi connectivity index (χ1n) is 8.68. The monoisotopic (exact) mass is 361 g/mol. The van der Waals surface area contributed by atoms with E-state index in [4.69, 9.17) is 5.73 Å². The van der Waals surface area contributed by atoms with E-state index in [0.717, 1.165) is 40.2 Å². The number of nitriles is 1. The van der Waals surface area contributed by atoms with E-state index in [1.807, 2.05) is 53.6 Å². The number of thiophene rings is 1. The predicted octanol–water partition coefficient (Wildman–Crippen LogP) is 4.36. The van der Waals surface area contributed by atoms with Crippen molar-refractivity contribution in [2.24, 2.45) is 5.73 Å². The molecule has 0 saturated carbocycles. The van der Waals surface area contributed by atoms with Crippen molar-refractivity contribution in [3.8, 4) is 6.07 Å². The number of nitrogens with zero attached hydrogens (tertiary/aromatic N) is 2. The van der Waals surface area contributed by atoms with E-state index in [1.54, 1.807) is 11.3 Å². The lowest BCUT2D eigenvalue weighted by Crippen LogP contribution is -2.38. The normalized spacial score (nSPS) is 20.2. The van der Waals surface area contributed by atoms with Gasteiger partial charge in [-0.3, -0.25) is 9.69 Å². The molecule has 2 heterocycles. The van der Waals surface area contributed by atoms with E-state index in [1.165, 1.54) is 0 Å². The molecule has 0 saturated heterocycles. The maximum atomic E-state index is 12.9. The minimum atomic E-state index is -0.345. The van der Waals surface area contributed by atoms with Crippen LogP contribution in [-0.2, 0) is 4.79 Å². The van der Waals surface area contributed by atoms with Crippen LogP contribution in [0.1, 0.15) is 35.6 Å². The number of aryl methyl sites for hydroxylation is 1. The van der Waals surface area contributed by atoms with Gasteiger partial charge >= 0.3 is 0 Å². The van der Waals surface area contributed by atoms with Crippen molar-refractivity contribution >= 4 is 22.8 Å². The molecular formula is C21H19N3OS. The molecule has 0 radical (unpaired) electrons. The Morgan fingerprint density at radius 3 is 2.65 bits per heavy atom. The van der Waals surface area contributed by atoms with E-state index in [0.29, 0.717) is 17.8 Å². The Balaban J connectivity index is 1.99.